The van der Waals surface area contributed by atoms with Crippen LogP contribution in [0.2, 0.25) is 0 Å². The quantitative estimate of drug-likeness (QED) is 0.907. The van der Waals surface area contributed by atoms with Crippen LogP contribution in [0.5, 0.6) is 0 Å². The lowest BCUT2D eigenvalue weighted by Crippen LogP contribution is -2.37. The molecule has 2 rings (SSSR count). The summed E-state index contributed by atoms with van der Waals surface area (Å²) in [4.78, 5) is 2.16. The van der Waals surface area contributed by atoms with Crippen LogP contribution in [0.15, 0.2) is 12.1 Å². The third-order valence-electron chi connectivity index (χ3n) is 3.92. The number of alkyl halides is 3. The van der Waals surface area contributed by atoms with Gasteiger partial charge in [0.15, 0.2) is 5.69 Å². The third kappa shape index (κ3) is 4.30. The normalized spacial score (nSPS) is 18.2. The number of rotatable bonds is 5. The van der Waals surface area contributed by atoms with Crippen LogP contribution in [0.25, 0.3) is 0 Å². The largest absolute Gasteiger partial charge is 0.435 e. The van der Waals surface area contributed by atoms with Crippen molar-refractivity contribution in [1.82, 2.24) is 15.1 Å². The summed E-state index contributed by atoms with van der Waals surface area (Å²) in [6, 6.07) is 2.30. The highest BCUT2D eigenvalue weighted by Gasteiger charge is 2.35. The molecule has 118 valence electrons. The topological polar surface area (TPSA) is 41.0 Å². The Balaban J connectivity index is 1.98. The molecule has 1 saturated carbocycles. The standard InChI is InChI=1S/C14H21F3N4/c1-21(2)10-13(7-3-4-8-13)9-18-12-6-5-11(19-20-12)14(15,16)17/h5-6H,3-4,7-10H2,1-2H3,(H,18,20). The Bertz CT molecular complexity index is 450. The fraction of sp³-hybridized carbons (Fsp3) is 0.714. The minimum Gasteiger partial charge on any atom is -0.368 e. The zero-order valence-corrected chi connectivity index (χ0v) is 12.4. The fourth-order valence-corrected chi connectivity index (χ4v) is 3.04. The minimum atomic E-state index is -4.44. The maximum atomic E-state index is 12.4. The van der Waals surface area contributed by atoms with Gasteiger partial charge < -0.3 is 10.2 Å². The number of hydrogen-bond donors (Lipinski definition) is 1. The molecule has 0 atom stereocenters. The SMILES string of the molecule is CN(C)CC1(CNc2ccc(C(F)(F)F)nn2)CCCC1. The van der Waals surface area contributed by atoms with E-state index in [1.54, 1.807) is 0 Å². The molecular weight excluding hydrogens is 281 g/mol. The highest BCUT2D eigenvalue weighted by atomic mass is 19.4. The molecule has 1 heterocycles. The van der Waals surface area contributed by atoms with Crippen molar-refractivity contribution in [1.29, 1.82) is 0 Å². The highest BCUT2D eigenvalue weighted by molar-refractivity contribution is 5.33. The lowest BCUT2D eigenvalue weighted by molar-refractivity contribution is -0.141. The zero-order chi connectivity index (χ0) is 15.5. The van der Waals surface area contributed by atoms with Gasteiger partial charge >= 0.3 is 6.18 Å². The van der Waals surface area contributed by atoms with Gasteiger partial charge in [0, 0.05) is 18.5 Å². The van der Waals surface area contributed by atoms with Gasteiger partial charge in [0.2, 0.25) is 0 Å². The number of halogens is 3. The van der Waals surface area contributed by atoms with E-state index in [-0.39, 0.29) is 5.41 Å². The smallest absolute Gasteiger partial charge is 0.368 e. The lowest BCUT2D eigenvalue weighted by atomic mass is 9.85. The Morgan fingerprint density at radius 1 is 1.19 bits per heavy atom. The van der Waals surface area contributed by atoms with Crippen molar-refractivity contribution in [3.63, 3.8) is 0 Å². The molecule has 1 aliphatic rings. The van der Waals surface area contributed by atoms with Gasteiger partial charge in [-0.25, -0.2) is 0 Å². The molecule has 0 saturated heterocycles. The first-order valence-electron chi connectivity index (χ1n) is 7.10. The van der Waals surface area contributed by atoms with E-state index in [2.05, 4.69) is 20.4 Å². The molecule has 0 aromatic carbocycles. The average molecular weight is 302 g/mol. The summed E-state index contributed by atoms with van der Waals surface area (Å²) >= 11 is 0. The third-order valence-corrected chi connectivity index (χ3v) is 3.92. The predicted molar refractivity (Wildman–Crippen MR) is 75.0 cm³/mol. The molecular formula is C14H21F3N4. The number of nitrogens with one attached hydrogen (secondary N) is 1. The number of aromatic nitrogens is 2. The summed E-state index contributed by atoms with van der Waals surface area (Å²) in [5.74, 6) is 0.396. The maximum absolute atomic E-state index is 12.4. The monoisotopic (exact) mass is 302 g/mol. The van der Waals surface area contributed by atoms with Crippen LogP contribution in [0, 0.1) is 5.41 Å². The molecule has 0 unspecified atom stereocenters. The van der Waals surface area contributed by atoms with Gasteiger partial charge in [-0.05, 0) is 39.1 Å². The van der Waals surface area contributed by atoms with Crippen molar-refractivity contribution in [2.75, 3.05) is 32.5 Å². The zero-order valence-electron chi connectivity index (χ0n) is 12.4. The van der Waals surface area contributed by atoms with E-state index in [1.165, 1.54) is 18.9 Å². The summed E-state index contributed by atoms with van der Waals surface area (Å²) < 4.78 is 37.3. The van der Waals surface area contributed by atoms with Gasteiger partial charge in [0.25, 0.3) is 0 Å². The van der Waals surface area contributed by atoms with Crippen LogP contribution in [-0.2, 0) is 6.18 Å². The summed E-state index contributed by atoms with van der Waals surface area (Å²) in [5, 5.41) is 10.00. The second-order valence-corrected chi connectivity index (χ2v) is 6.10. The average Bonchev–Trinajstić information content (AvgIpc) is 2.84. The van der Waals surface area contributed by atoms with E-state index in [9.17, 15) is 13.2 Å². The lowest BCUT2D eigenvalue weighted by Gasteiger charge is -2.32. The molecule has 0 radical (unpaired) electrons. The molecule has 1 N–H and O–H groups in total. The second-order valence-electron chi connectivity index (χ2n) is 6.10. The Kier molecular flexibility index (Phi) is 4.70. The van der Waals surface area contributed by atoms with Crippen LogP contribution in [0.4, 0.5) is 19.0 Å². The first kappa shape index (κ1) is 16.0. The molecule has 1 fully saturated rings. The van der Waals surface area contributed by atoms with E-state index in [0.717, 1.165) is 25.5 Å². The molecule has 0 spiro atoms. The predicted octanol–water partition coefficient (Wildman–Crippen LogP) is 3.03. The van der Waals surface area contributed by atoms with E-state index >= 15 is 0 Å². The van der Waals surface area contributed by atoms with Gasteiger partial charge in [-0.2, -0.15) is 13.2 Å². The van der Waals surface area contributed by atoms with Crippen LogP contribution in [0.3, 0.4) is 0 Å². The van der Waals surface area contributed by atoms with Crippen molar-refractivity contribution in [2.45, 2.75) is 31.9 Å². The first-order chi connectivity index (χ1) is 9.81. The molecule has 1 aromatic rings. The molecule has 0 amide bonds. The van der Waals surface area contributed by atoms with Gasteiger partial charge in [-0.1, -0.05) is 12.8 Å². The number of anilines is 1. The van der Waals surface area contributed by atoms with Crippen LogP contribution >= 0.6 is 0 Å². The second kappa shape index (κ2) is 6.17. The minimum absolute atomic E-state index is 0.174. The van der Waals surface area contributed by atoms with E-state index in [4.69, 9.17) is 0 Å². The van der Waals surface area contributed by atoms with Crippen molar-refractivity contribution in [3.8, 4) is 0 Å². The molecule has 0 aliphatic heterocycles. The molecule has 7 heteroatoms. The van der Waals surface area contributed by atoms with Crippen LogP contribution in [-0.4, -0.2) is 42.3 Å². The van der Waals surface area contributed by atoms with E-state index < -0.39 is 11.9 Å². The molecule has 0 bridgehead atoms. The Hall–Kier alpha value is -1.37. The summed E-state index contributed by atoms with van der Waals surface area (Å²) in [6.45, 7) is 1.68. The first-order valence-corrected chi connectivity index (χ1v) is 7.10. The van der Waals surface area contributed by atoms with Crippen molar-refractivity contribution in [2.24, 2.45) is 5.41 Å². The van der Waals surface area contributed by atoms with Crippen molar-refractivity contribution in [3.05, 3.63) is 17.8 Å². The van der Waals surface area contributed by atoms with Crippen LogP contribution < -0.4 is 5.32 Å². The van der Waals surface area contributed by atoms with Gasteiger partial charge in [0.1, 0.15) is 5.82 Å². The van der Waals surface area contributed by atoms with Crippen LogP contribution in [0.1, 0.15) is 31.4 Å². The van der Waals surface area contributed by atoms with Gasteiger partial charge in [-0.15, -0.1) is 10.2 Å². The molecule has 1 aliphatic carbocycles. The van der Waals surface area contributed by atoms with E-state index in [1.807, 2.05) is 14.1 Å². The summed E-state index contributed by atoms with van der Waals surface area (Å²) in [5.41, 5.74) is -0.787. The summed E-state index contributed by atoms with van der Waals surface area (Å²) in [6.07, 6.45) is 0.226. The van der Waals surface area contributed by atoms with Crippen molar-refractivity contribution < 1.29 is 13.2 Å². The molecule has 21 heavy (non-hydrogen) atoms. The fourth-order valence-electron chi connectivity index (χ4n) is 3.04. The summed E-state index contributed by atoms with van der Waals surface area (Å²) in [7, 11) is 4.08. The Labute approximate surface area is 122 Å². The number of hydrogen-bond acceptors (Lipinski definition) is 4. The maximum Gasteiger partial charge on any atom is 0.435 e. The van der Waals surface area contributed by atoms with E-state index in [0.29, 0.717) is 12.4 Å². The molecule has 1 aromatic heterocycles. The Morgan fingerprint density at radius 3 is 2.33 bits per heavy atom. The van der Waals surface area contributed by atoms with Crippen molar-refractivity contribution >= 4 is 5.82 Å². The number of nitrogens with zero attached hydrogens (tertiary/aromatic N) is 3. The van der Waals surface area contributed by atoms with Gasteiger partial charge in [-0.3, -0.25) is 0 Å². The Morgan fingerprint density at radius 2 is 1.86 bits per heavy atom. The van der Waals surface area contributed by atoms with Gasteiger partial charge in [0.05, 0.1) is 0 Å². The molecule has 4 nitrogen and oxygen atoms in total. The highest BCUT2D eigenvalue weighted by Crippen LogP contribution is 2.38.